The topological polar surface area (TPSA) is 37.3 Å². The van der Waals surface area contributed by atoms with Crippen molar-refractivity contribution in [2.75, 3.05) is 0 Å². The number of rotatable bonds is 8. The molecule has 0 amide bonds. The van der Waals surface area contributed by atoms with Crippen molar-refractivity contribution in [3.8, 4) is 0 Å². The molecule has 0 bridgehead atoms. The maximum atomic E-state index is 11.0. The Morgan fingerprint density at radius 2 is 1.72 bits per heavy atom. The Morgan fingerprint density at radius 1 is 1.17 bits per heavy atom. The summed E-state index contributed by atoms with van der Waals surface area (Å²) < 4.78 is 0. The summed E-state index contributed by atoms with van der Waals surface area (Å²) in [4.78, 5) is 11.0. The van der Waals surface area contributed by atoms with Crippen LogP contribution in [0.5, 0.6) is 0 Å². The molecule has 0 aromatic rings. The van der Waals surface area contributed by atoms with E-state index in [1.165, 1.54) is 17.6 Å². The zero-order valence-electron chi connectivity index (χ0n) is 12.0. The van der Waals surface area contributed by atoms with Gasteiger partial charge in [-0.1, -0.05) is 36.6 Å². The molecular weight excluding hydrogens is 224 g/mol. The van der Waals surface area contributed by atoms with E-state index in [9.17, 15) is 4.79 Å². The molecule has 1 rings (SSSR count). The van der Waals surface area contributed by atoms with Crippen molar-refractivity contribution in [3.05, 3.63) is 23.3 Å². The molecule has 2 heteroatoms. The third kappa shape index (κ3) is 4.67. The van der Waals surface area contributed by atoms with Crippen molar-refractivity contribution in [3.63, 3.8) is 0 Å². The highest BCUT2D eigenvalue weighted by molar-refractivity contribution is 5.77. The molecule has 1 aliphatic carbocycles. The van der Waals surface area contributed by atoms with Gasteiger partial charge in [0, 0.05) is 0 Å². The van der Waals surface area contributed by atoms with E-state index in [4.69, 9.17) is 5.11 Å². The largest absolute Gasteiger partial charge is 0.481 e. The molecule has 0 spiro atoms. The van der Waals surface area contributed by atoms with Gasteiger partial charge in [-0.25, -0.2) is 0 Å². The Bertz CT molecular complexity index is 346. The van der Waals surface area contributed by atoms with Crippen molar-refractivity contribution in [1.82, 2.24) is 0 Å². The van der Waals surface area contributed by atoms with Crippen LogP contribution in [-0.4, -0.2) is 11.1 Å². The molecule has 0 saturated heterocycles. The Balaban J connectivity index is 2.29. The van der Waals surface area contributed by atoms with Crippen molar-refractivity contribution in [2.45, 2.75) is 65.7 Å². The van der Waals surface area contributed by atoms with Crippen molar-refractivity contribution in [2.24, 2.45) is 5.41 Å². The second-order valence-corrected chi connectivity index (χ2v) is 5.72. The summed E-state index contributed by atoms with van der Waals surface area (Å²) in [5.41, 5.74) is 2.42. The summed E-state index contributed by atoms with van der Waals surface area (Å²) >= 11 is 0. The van der Waals surface area contributed by atoms with Crippen LogP contribution in [0.2, 0.25) is 0 Å². The fraction of sp³-hybridized carbons (Fsp3) is 0.688. The Labute approximate surface area is 111 Å². The van der Waals surface area contributed by atoms with Gasteiger partial charge in [-0.2, -0.15) is 0 Å². The average molecular weight is 250 g/mol. The van der Waals surface area contributed by atoms with Gasteiger partial charge in [-0.05, 0) is 52.4 Å². The van der Waals surface area contributed by atoms with Gasteiger partial charge in [0.25, 0.3) is 0 Å². The quantitative estimate of drug-likeness (QED) is 0.633. The number of carbonyl (C=O) groups is 1. The highest BCUT2D eigenvalue weighted by Crippen LogP contribution is 2.50. The lowest BCUT2D eigenvalue weighted by molar-refractivity contribution is -0.143. The normalized spacial score (nSPS) is 18.8. The van der Waals surface area contributed by atoms with Crippen LogP contribution >= 0.6 is 0 Å². The zero-order chi connectivity index (χ0) is 13.6. The molecule has 1 fully saturated rings. The molecule has 102 valence electrons. The van der Waals surface area contributed by atoms with E-state index in [1.807, 2.05) is 0 Å². The number of allylic oxidation sites excluding steroid dienone is 4. The number of hydrogen-bond donors (Lipinski definition) is 1. The molecule has 0 unspecified atom stereocenters. The van der Waals surface area contributed by atoms with Gasteiger partial charge in [0.2, 0.25) is 0 Å². The molecule has 0 aliphatic heterocycles. The minimum Gasteiger partial charge on any atom is -0.481 e. The monoisotopic (exact) mass is 250 g/mol. The lowest BCUT2D eigenvalue weighted by Gasteiger charge is -2.08. The van der Waals surface area contributed by atoms with Crippen molar-refractivity contribution < 1.29 is 9.90 Å². The predicted molar refractivity (Wildman–Crippen MR) is 75.6 cm³/mol. The summed E-state index contributed by atoms with van der Waals surface area (Å²) in [7, 11) is 0. The van der Waals surface area contributed by atoms with Crippen LogP contribution in [0.1, 0.15) is 65.7 Å². The van der Waals surface area contributed by atoms with Crippen LogP contribution in [0.4, 0.5) is 0 Å². The summed E-state index contributed by atoms with van der Waals surface area (Å²) in [6.07, 6.45) is 11.3. The van der Waals surface area contributed by atoms with Crippen LogP contribution in [0, 0.1) is 5.41 Å². The van der Waals surface area contributed by atoms with Gasteiger partial charge in [0.1, 0.15) is 0 Å². The lowest BCUT2D eigenvalue weighted by atomic mass is 9.97. The second-order valence-electron chi connectivity index (χ2n) is 5.72. The average Bonchev–Trinajstić information content (AvgIpc) is 3.08. The maximum Gasteiger partial charge on any atom is 0.309 e. The van der Waals surface area contributed by atoms with Gasteiger partial charge in [0.05, 0.1) is 5.41 Å². The van der Waals surface area contributed by atoms with Crippen LogP contribution in [0.3, 0.4) is 0 Å². The first-order valence-corrected chi connectivity index (χ1v) is 7.06. The van der Waals surface area contributed by atoms with Crippen molar-refractivity contribution >= 4 is 5.97 Å². The van der Waals surface area contributed by atoms with E-state index in [-0.39, 0.29) is 5.41 Å². The van der Waals surface area contributed by atoms with Gasteiger partial charge in [-0.3, -0.25) is 4.79 Å². The van der Waals surface area contributed by atoms with Crippen LogP contribution in [-0.2, 0) is 4.79 Å². The standard InChI is InChI=1S/C16H26O2/c1-4-6-13(2)8-9-14(3)7-5-10-16(11-12-16)15(17)18/h8-9H,4-7,10-12H2,1-3H3,(H,17,18)/b13-8+,14-9+. The zero-order valence-corrected chi connectivity index (χ0v) is 12.0. The molecule has 2 nitrogen and oxygen atoms in total. The molecular formula is C16H26O2. The van der Waals surface area contributed by atoms with Gasteiger partial charge >= 0.3 is 5.97 Å². The molecule has 0 radical (unpaired) electrons. The smallest absolute Gasteiger partial charge is 0.309 e. The minimum absolute atomic E-state index is 0.353. The summed E-state index contributed by atoms with van der Waals surface area (Å²) in [5, 5.41) is 9.08. The fourth-order valence-electron chi connectivity index (χ4n) is 2.27. The molecule has 0 atom stereocenters. The van der Waals surface area contributed by atoms with Crippen LogP contribution in [0.15, 0.2) is 23.3 Å². The van der Waals surface area contributed by atoms with E-state index < -0.39 is 5.97 Å². The third-order valence-electron chi connectivity index (χ3n) is 3.83. The molecule has 0 heterocycles. The van der Waals surface area contributed by atoms with Gasteiger partial charge in [-0.15, -0.1) is 0 Å². The molecule has 18 heavy (non-hydrogen) atoms. The van der Waals surface area contributed by atoms with E-state index in [0.29, 0.717) is 0 Å². The van der Waals surface area contributed by atoms with E-state index in [0.717, 1.165) is 38.5 Å². The summed E-state index contributed by atoms with van der Waals surface area (Å²) in [6, 6.07) is 0. The minimum atomic E-state index is -0.595. The van der Waals surface area contributed by atoms with Crippen LogP contribution in [0.25, 0.3) is 0 Å². The number of hydrogen-bond acceptors (Lipinski definition) is 1. The Hall–Kier alpha value is -1.05. The first-order valence-electron chi connectivity index (χ1n) is 7.06. The summed E-state index contributed by atoms with van der Waals surface area (Å²) in [5.74, 6) is -0.595. The maximum absolute atomic E-state index is 11.0. The summed E-state index contributed by atoms with van der Waals surface area (Å²) in [6.45, 7) is 6.49. The van der Waals surface area contributed by atoms with E-state index in [2.05, 4.69) is 32.9 Å². The number of carboxylic acid groups (broad SMARTS) is 1. The Kier molecular flexibility index (Phi) is 5.64. The van der Waals surface area contributed by atoms with Crippen LogP contribution < -0.4 is 0 Å². The fourth-order valence-corrected chi connectivity index (χ4v) is 2.27. The lowest BCUT2D eigenvalue weighted by Crippen LogP contribution is -2.14. The third-order valence-corrected chi connectivity index (χ3v) is 3.83. The predicted octanol–water partition coefficient (Wildman–Crippen LogP) is 4.71. The Morgan fingerprint density at radius 3 is 2.17 bits per heavy atom. The number of aliphatic carboxylic acids is 1. The number of carboxylic acids is 1. The molecule has 1 N–H and O–H groups in total. The first-order chi connectivity index (χ1) is 8.50. The molecule has 0 aromatic heterocycles. The van der Waals surface area contributed by atoms with Gasteiger partial charge < -0.3 is 5.11 Å². The van der Waals surface area contributed by atoms with E-state index in [1.54, 1.807) is 0 Å². The van der Waals surface area contributed by atoms with Crippen molar-refractivity contribution in [1.29, 1.82) is 0 Å². The highest BCUT2D eigenvalue weighted by atomic mass is 16.4. The second kappa shape index (κ2) is 6.77. The van der Waals surface area contributed by atoms with E-state index >= 15 is 0 Å². The molecule has 1 saturated carbocycles. The van der Waals surface area contributed by atoms with Gasteiger partial charge in [0.15, 0.2) is 0 Å². The first kappa shape index (κ1) is 15.0. The SMILES string of the molecule is CCC/C(C)=C/C=C(\C)CCCC1(C(=O)O)CC1. The molecule has 1 aliphatic rings. The highest BCUT2D eigenvalue weighted by Gasteiger charge is 2.49. The molecule has 0 aromatic carbocycles.